The first-order valence-electron chi connectivity index (χ1n) is 4.83. The largest absolute Gasteiger partial charge is 0.380 e. The first kappa shape index (κ1) is 9.96. The van der Waals surface area contributed by atoms with Gasteiger partial charge in [0.15, 0.2) is 0 Å². The molecule has 0 radical (unpaired) electrons. The van der Waals surface area contributed by atoms with Crippen molar-refractivity contribution in [3.05, 3.63) is 0 Å². The maximum atomic E-state index is 5.30. The maximum absolute atomic E-state index is 5.30. The molecule has 0 spiro atoms. The van der Waals surface area contributed by atoms with Crippen LogP contribution in [0.4, 0.5) is 0 Å². The topological polar surface area (TPSA) is 24.5 Å². The fourth-order valence-electron chi connectivity index (χ4n) is 1.55. The molecule has 12 heavy (non-hydrogen) atoms. The maximum Gasteiger partial charge on any atom is 0.0593 e. The van der Waals surface area contributed by atoms with Gasteiger partial charge in [0.2, 0.25) is 0 Å². The minimum absolute atomic E-state index is 0.727. The molecule has 1 atom stereocenters. The van der Waals surface area contributed by atoms with Crippen LogP contribution in [0.3, 0.4) is 0 Å². The molecule has 0 aromatic carbocycles. The van der Waals surface area contributed by atoms with Gasteiger partial charge in [-0.05, 0) is 26.9 Å². The van der Waals surface area contributed by atoms with E-state index in [2.05, 4.69) is 17.3 Å². The molecule has 72 valence electrons. The van der Waals surface area contributed by atoms with Crippen molar-refractivity contribution in [2.24, 2.45) is 0 Å². The van der Waals surface area contributed by atoms with Gasteiger partial charge in [0.1, 0.15) is 0 Å². The van der Waals surface area contributed by atoms with Crippen molar-refractivity contribution in [2.45, 2.75) is 19.4 Å². The zero-order chi connectivity index (χ0) is 8.81. The van der Waals surface area contributed by atoms with Crippen LogP contribution in [0.15, 0.2) is 0 Å². The third kappa shape index (κ3) is 3.09. The number of hydrogen-bond acceptors (Lipinski definition) is 3. The van der Waals surface area contributed by atoms with Crippen molar-refractivity contribution in [1.82, 2.24) is 10.2 Å². The average Bonchev–Trinajstić information content (AvgIpc) is 2.56. The number of hydrogen-bond donors (Lipinski definition) is 1. The molecule has 1 heterocycles. The highest BCUT2D eigenvalue weighted by Gasteiger charge is 2.18. The molecule has 1 rings (SSSR count). The summed E-state index contributed by atoms with van der Waals surface area (Å²) in [5, 5.41) is 3.36. The minimum atomic E-state index is 0.727. The molecule has 0 amide bonds. The third-order valence-electron chi connectivity index (χ3n) is 2.45. The fourth-order valence-corrected chi connectivity index (χ4v) is 1.55. The summed E-state index contributed by atoms with van der Waals surface area (Å²) in [5.74, 6) is 0. The van der Waals surface area contributed by atoms with E-state index in [-0.39, 0.29) is 0 Å². The molecule has 3 heteroatoms. The summed E-state index contributed by atoms with van der Waals surface area (Å²) in [7, 11) is 2.18. The van der Waals surface area contributed by atoms with Crippen LogP contribution >= 0.6 is 0 Å². The van der Waals surface area contributed by atoms with E-state index >= 15 is 0 Å². The Morgan fingerprint density at radius 2 is 2.42 bits per heavy atom. The van der Waals surface area contributed by atoms with Crippen molar-refractivity contribution in [3.8, 4) is 0 Å². The Kier molecular flexibility index (Phi) is 4.58. The Morgan fingerprint density at radius 1 is 1.58 bits per heavy atom. The second kappa shape index (κ2) is 5.51. The van der Waals surface area contributed by atoms with Crippen LogP contribution in [0.2, 0.25) is 0 Å². The Balaban J connectivity index is 2.05. The Bertz CT molecular complexity index is 113. The lowest BCUT2D eigenvalue weighted by atomic mass is 10.2. The SMILES string of the molecule is CCOCCN(C)C1CCNC1. The van der Waals surface area contributed by atoms with E-state index in [9.17, 15) is 0 Å². The van der Waals surface area contributed by atoms with Crippen LogP contribution in [0.25, 0.3) is 0 Å². The van der Waals surface area contributed by atoms with Gasteiger partial charge in [0.25, 0.3) is 0 Å². The van der Waals surface area contributed by atoms with Crippen LogP contribution in [0.5, 0.6) is 0 Å². The number of nitrogens with one attached hydrogen (secondary N) is 1. The van der Waals surface area contributed by atoms with E-state index in [4.69, 9.17) is 4.74 Å². The lowest BCUT2D eigenvalue weighted by Gasteiger charge is -2.22. The molecule has 1 N–H and O–H groups in total. The zero-order valence-electron chi connectivity index (χ0n) is 8.18. The van der Waals surface area contributed by atoms with E-state index < -0.39 is 0 Å². The number of ether oxygens (including phenoxy) is 1. The van der Waals surface area contributed by atoms with Crippen molar-refractivity contribution >= 4 is 0 Å². The molecule has 1 fully saturated rings. The lowest BCUT2D eigenvalue weighted by molar-refractivity contribution is 0.110. The zero-order valence-corrected chi connectivity index (χ0v) is 8.18. The number of nitrogens with zero attached hydrogens (tertiary/aromatic N) is 1. The quantitative estimate of drug-likeness (QED) is 0.604. The van der Waals surface area contributed by atoms with E-state index in [1.54, 1.807) is 0 Å². The van der Waals surface area contributed by atoms with Crippen molar-refractivity contribution in [1.29, 1.82) is 0 Å². The summed E-state index contributed by atoms with van der Waals surface area (Å²) in [6.45, 7) is 7.10. The second-order valence-electron chi connectivity index (χ2n) is 3.32. The first-order chi connectivity index (χ1) is 5.84. The highest BCUT2D eigenvalue weighted by atomic mass is 16.5. The van der Waals surface area contributed by atoms with Crippen LogP contribution in [0, 0.1) is 0 Å². The molecule has 0 aliphatic carbocycles. The van der Waals surface area contributed by atoms with Gasteiger partial charge >= 0.3 is 0 Å². The average molecular weight is 172 g/mol. The minimum Gasteiger partial charge on any atom is -0.380 e. The Hall–Kier alpha value is -0.120. The Morgan fingerprint density at radius 3 is 3.00 bits per heavy atom. The van der Waals surface area contributed by atoms with Crippen LogP contribution < -0.4 is 5.32 Å². The molecule has 0 aromatic heterocycles. The van der Waals surface area contributed by atoms with E-state index in [1.165, 1.54) is 13.0 Å². The summed E-state index contributed by atoms with van der Waals surface area (Å²) < 4.78 is 5.30. The molecule has 0 saturated carbocycles. The van der Waals surface area contributed by atoms with Crippen molar-refractivity contribution in [3.63, 3.8) is 0 Å². The standard InChI is InChI=1S/C9H20N2O/c1-3-12-7-6-11(2)9-4-5-10-8-9/h9-10H,3-8H2,1-2H3. The van der Waals surface area contributed by atoms with Crippen LogP contribution in [0.1, 0.15) is 13.3 Å². The predicted molar refractivity (Wildman–Crippen MR) is 50.4 cm³/mol. The number of rotatable bonds is 5. The molecule has 3 nitrogen and oxygen atoms in total. The smallest absolute Gasteiger partial charge is 0.0593 e. The normalized spacial score (nSPS) is 23.8. The highest BCUT2D eigenvalue weighted by molar-refractivity contribution is 4.78. The first-order valence-corrected chi connectivity index (χ1v) is 4.83. The summed E-state index contributed by atoms with van der Waals surface area (Å²) in [6.07, 6.45) is 1.28. The lowest BCUT2D eigenvalue weighted by Crippen LogP contribution is -2.35. The van der Waals surface area contributed by atoms with Crippen molar-refractivity contribution < 1.29 is 4.74 Å². The van der Waals surface area contributed by atoms with Gasteiger partial charge in [-0.1, -0.05) is 0 Å². The van der Waals surface area contributed by atoms with Gasteiger partial charge in [-0.15, -0.1) is 0 Å². The summed E-state index contributed by atoms with van der Waals surface area (Å²) in [5.41, 5.74) is 0. The molecule has 0 aromatic rings. The Labute approximate surface area is 75.1 Å². The van der Waals surface area contributed by atoms with E-state index in [1.807, 2.05) is 6.92 Å². The molecule has 1 aliphatic rings. The van der Waals surface area contributed by atoms with E-state index in [0.29, 0.717) is 0 Å². The molecular formula is C9H20N2O. The summed E-state index contributed by atoms with van der Waals surface area (Å²) in [6, 6.07) is 0.727. The molecule has 1 saturated heterocycles. The molecule has 1 aliphatic heterocycles. The third-order valence-corrected chi connectivity index (χ3v) is 2.45. The van der Waals surface area contributed by atoms with Gasteiger partial charge in [0, 0.05) is 25.7 Å². The van der Waals surface area contributed by atoms with E-state index in [0.717, 1.165) is 32.3 Å². The molecule has 1 unspecified atom stereocenters. The monoisotopic (exact) mass is 172 g/mol. The molecule has 0 bridgehead atoms. The van der Waals surface area contributed by atoms with Gasteiger partial charge in [-0.3, -0.25) is 4.90 Å². The fraction of sp³-hybridized carbons (Fsp3) is 1.00. The van der Waals surface area contributed by atoms with Crippen LogP contribution in [-0.2, 0) is 4.74 Å². The highest BCUT2D eigenvalue weighted by Crippen LogP contribution is 2.04. The van der Waals surface area contributed by atoms with Gasteiger partial charge in [0.05, 0.1) is 6.61 Å². The summed E-state index contributed by atoms with van der Waals surface area (Å²) in [4.78, 5) is 2.38. The predicted octanol–water partition coefficient (Wildman–Crippen LogP) is 0.317. The van der Waals surface area contributed by atoms with Gasteiger partial charge < -0.3 is 10.1 Å². The second-order valence-corrected chi connectivity index (χ2v) is 3.32. The molecular weight excluding hydrogens is 152 g/mol. The van der Waals surface area contributed by atoms with Gasteiger partial charge in [-0.2, -0.15) is 0 Å². The van der Waals surface area contributed by atoms with Crippen LogP contribution in [-0.4, -0.2) is 50.8 Å². The summed E-state index contributed by atoms with van der Waals surface area (Å²) >= 11 is 0. The van der Waals surface area contributed by atoms with Crippen molar-refractivity contribution in [2.75, 3.05) is 39.9 Å². The van der Waals surface area contributed by atoms with Gasteiger partial charge in [-0.25, -0.2) is 0 Å². The number of likely N-dealkylation sites (N-methyl/N-ethyl adjacent to an activating group) is 1.